The van der Waals surface area contributed by atoms with E-state index in [0.717, 1.165) is 11.3 Å². The van der Waals surface area contributed by atoms with E-state index >= 15 is 0 Å². The van der Waals surface area contributed by atoms with E-state index in [1.165, 1.54) is 25.4 Å². The van der Waals surface area contributed by atoms with Crippen LogP contribution in [-0.4, -0.2) is 13.1 Å². The molecule has 1 heteroatoms. The fraction of sp³-hybridized carbons (Fsp3) is 1.00. The molecule has 1 spiro atoms. The predicted molar refractivity (Wildman–Crippen MR) is 40.8 cm³/mol. The van der Waals surface area contributed by atoms with E-state index in [2.05, 4.69) is 5.32 Å². The van der Waals surface area contributed by atoms with Crippen LogP contribution in [0.5, 0.6) is 0 Å². The van der Waals surface area contributed by atoms with Crippen LogP contribution in [0.2, 0.25) is 0 Å². The zero-order chi connectivity index (χ0) is 6.60. The molecule has 1 nitrogen and oxygen atoms in total. The zero-order valence-corrected chi connectivity index (χ0v) is 6.40. The highest BCUT2D eigenvalue weighted by molar-refractivity contribution is 5.11. The van der Waals surface area contributed by atoms with Crippen LogP contribution in [0.25, 0.3) is 0 Å². The Morgan fingerprint density at radius 1 is 1.30 bits per heavy atom. The lowest BCUT2D eigenvalue weighted by molar-refractivity contribution is 0.472. The van der Waals surface area contributed by atoms with Crippen molar-refractivity contribution in [1.29, 1.82) is 0 Å². The van der Waals surface area contributed by atoms with Gasteiger partial charge in [-0.25, -0.2) is 0 Å². The molecule has 0 aromatic carbocycles. The van der Waals surface area contributed by atoms with Crippen molar-refractivity contribution in [3.8, 4) is 0 Å². The largest absolute Gasteiger partial charge is 0.316 e. The molecular weight excluding hydrogens is 122 g/mol. The van der Waals surface area contributed by atoms with Gasteiger partial charge >= 0.3 is 0 Å². The molecule has 1 saturated heterocycles. The smallest absolute Gasteiger partial charge is 0.00112 e. The fourth-order valence-corrected chi connectivity index (χ4v) is 2.80. The van der Waals surface area contributed by atoms with Gasteiger partial charge in [0.2, 0.25) is 0 Å². The van der Waals surface area contributed by atoms with E-state index in [9.17, 15) is 0 Å². The molecular formula is C9H15N. The number of hydrogen-bond acceptors (Lipinski definition) is 1. The third-order valence-corrected chi connectivity index (χ3v) is 3.72. The molecule has 0 aromatic heterocycles. The second-order valence-corrected chi connectivity index (χ2v) is 4.44. The molecule has 2 atom stereocenters. The van der Waals surface area contributed by atoms with Gasteiger partial charge in [0.15, 0.2) is 0 Å². The van der Waals surface area contributed by atoms with Crippen LogP contribution < -0.4 is 5.32 Å². The van der Waals surface area contributed by atoms with E-state index in [0.29, 0.717) is 0 Å². The lowest BCUT2D eigenvalue weighted by Gasteiger charge is -2.04. The molecule has 0 aromatic rings. The zero-order valence-electron chi connectivity index (χ0n) is 6.40. The van der Waals surface area contributed by atoms with E-state index in [4.69, 9.17) is 0 Å². The van der Waals surface area contributed by atoms with Crippen molar-refractivity contribution in [2.45, 2.75) is 25.7 Å². The normalized spacial score (nSPS) is 52.2. The third-order valence-electron chi connectivity index (χ3n) is 3.72. The Hall–Kier alpha value is -0.0400. The van der Waals surface area contributed by atoms with Gasteiger partial charge in [0.25, 0.3) is 0 Å². The second kappa shape index (κ2) is 1.58. The maximum atomic E-state index is 3.49. The minimum Gasteiger partial charge on any atom is -0.316 e. The van der Waals surface area contributed by atoms with Crippen molar-refractivity contribution in [2.24, 2.45) is 17.3 Å². The summed E-state index contributed by atoms with van der Waals surface area (Å²) in [6.45, 7) is 2.64. The minimum absolute atomic E-state index is 0.834. The third kappa shape index (κ3) is 0.619. The van der Waals surface area contributed by atoms with Crippen LogP contribution >= 0.6 is 0 Å². The molecule has 1 N–H and O–H groups in total. The fourth-order valence-electron chi connectivity index (χ4n) is 2.80. The Morgan fingerprint density at radius 3 is 2.80 bits per heavy atom. The maximum absolute atomic E-state index is 3.49. The van der Waals surface area contributed by atoms with Crippen molar-refractivity contribution < 1.29 is 0 Å². The lowest BCUT2D eigenvalue weighted by atomic mass is 10.0. The molecule has 2 unspecified atom stereocenters. The summed E-state index contributed by atoms with van der Waals surface area (Å²) in [5.74, 6) is 2.32. The van der Waals surface area contributed by atoms with Crippen LogP contribution in [0.3, 0.4) is 0 Å². The van der Waals surface area contributed by atoms with E-state index in [1.54, 1.807) is 19.3 Å². The van der Waals surface area contributed by atoms with Gasteiger partial charge in [-0.1, -0.05) is 0 Å². The summed E-state index contributed by atoms with van der Waals surface area (Å²) in [5, 5.41) is 3.49. The van der Waals surface area contributed by atoms with Crippen molar-refractivity contribution in [1.82, 2.24) is 5.32 Å². The summed E-state index contributed by atoms with van der Waals surface area (Å²) in [4.78, 5) is 0. The highest BCUT2D eigenvalue weighted by atomic mass is 15.0. The van der Waals surface area contributed by atoms with Crippen molar-refractivity contribution >= 4 is 0 Å². The molecule has 2 saturated carbocycles. The Morgan fingerprint density at radius 2 is 2.20 bits per heavy atom. The van der Waals surface area contributed by atoms with E-state index in [1.807, 2.05) is 0 Å². The first-order chi connectivity index (χ1) is 4.91. The van der Waals surface area contributed by atoms with E-state index < -0.39 is 0 Å². The lowest BCUT2D eigenvalue weighted by Crippen LogP contribution is -2.11. The number of nitrogens with one attached hydrogen (secondary N) is 1. The van der Waals surface area contributed by atoms with E-state index in [-0.39, 0.29) is 0 Å². The van der Waals surface area contributed by atoms with Crippen LogP contribution in [0, 0.1) is 17.3 Å². The Kier molecular flexibility index (Phi) is 0.883. The van der Waals surface area contributed by atoms with Gasteiger partial charge in [-0.15, -0.1) is 0 Å². The van der Waals surface area contributed by atoms with Gasteiger partial charge in [0.1, 0.15) is 0 Å². The predicted octanol–water partition coefficient (Wildman–Crippen LogP) is 1.40. The van der Waals surface area contributed by atoms with Gasteiger partial charge in [-0.05, 0) is 49.5 Å². The SMILES string of the molecule is C1CC2(CN1)CC2C1CC1. The number of rotatable bonds is 1. The van der Waals surface area contributed by atoms with Gasteiger partial charge in [0.05, 0.1) is 0 Å². The minimum atomic E-state index is 0.834. The van der Waals surface area contributed by atoms with Crippen molar-refractivity contribution in [3.05, 3.63) is 0 Å². The van der Waals surface area contributed by atoms with Gasteiger partial charge in [-0.2, -0.15) is 0 Å². The van der Waals surface area contributed by atoms with Crippen LogP contribution in [0.15, 0.2) is 0 Å². The van der Waals surface area contributed by atoms with Crippen LogP contribution in [0.4, 0.5) is 0 Å². The first-order valence-electron chi connectivity index (χ1n) is 4.61. The highest BCUT2D eigenvalue weighted by Gasteiger charge is 2.60. The maximum Gasteiger partial charge on any atom is 0.00112 e. The Labute approximate surface area is 62.2 Å². The summed E-state index contributed by atoms with van der Waals surface area (Å²) < 4.78 is 0. The summed E-state index contributed by atoms with van der Waals surface area (Å²) in [7, 11) is 0. The van der Waals surface area contributed by atoms with Gasteiger partial charge in [-0.3, -0.25) is 0 Å². The first kappa shape index (κ1) is 5.59. The highest BCUT2D eigenvalue weighted by Crippen LogP contribution is 2.65. The standard InChI is InChI=1S/C9H15N/c1-2-7(1)8-5-9(8)3-4-10-6-9/h7-8,10H,1-6H2. The molecule has 2 aliphatic carbocycles. The first-order valence-corrected chi connectivity index (χ1v) is 4.61. The molecule has 1 aliphatic heterocycles. The Balaban J connectivity index is 1.73. The molecule has 0 bridgehead atoms. The summed E-state index contributed by atoms with van der Waals surface area (Å²) >= 11 is 0. The molecule has 1 heterocycles. The topological polar surface area (TPSA) is 12.0 Å². The summed E-state index contributed by atoms with van der Waals surface area (Å²) in [6.07, 6.45) is 6.14. The summed E-state index contributed by atoms with van der Waals surface area (Å²) in [6, 6.07) is 0. The van der Waals surface area contributed by atoms with Crippen LogP contribution in [-0.2, 0) is 0 Å². The molecule has 3 rings (SSSR count). The number of hydrogen-bond donors (Lipinski definition) is 1. The Bertz CT molecular complexity index is 154. The molecule has 0 amide bonds. The summed E-state index contributed by atoms with van der Waals surface area (Å²) in [5.41, 5.74) is 0.834. The molecule has 3 fully saturated rings. The van der Waals surface area contributed by atoms with Gasteiger partial charge < -0.3 is 5.32 Å². The quantitative estimate of drug-likeness (QED) is 0.576. The monoisotopic (exact) mass is 137 g/mol. The molecule has 10 heavy (non-hydrogen) atoms. The average Bonchev–Trinajstić information content (AvgIpc) is 2.71. The van der Waals surface area contributed by atoms with Crippen molar-refractivity contribution in [2.75, 3.05) is 13.1 Å². The van der Waals surface area contributed by atoms with Crippen molar-refractivity contribution in [3.63, 3.8) is 0 Å². The average molecular weight is 137 g/mol. The van der Waals surface area contributed by atoms with Gasteiger partial charge in [0, 0.05) is 6.54 Å². The molecule has 56 valence electrons. The second-order valence-electron chi connectivity index (χ2n) is 4.44. The molecule has 0 radical (unpaired) electrons. The molecule has 3 aliphatic rings. The van der Waals surface area contributed by atoms with Crippen LogP contribution in [0.1, 0.15) is 25.7 Å².